The molecule has 0 aliphatic rings. The summed E-state index contributed by atoms with van der Waals surface area (Å²) in [5, 5.41) is 65.7. The van der Waals surface area contributed by atoms with Crippen LogP contribution < -0.4 is 208 Å². The molecule has 0 saturated carbocycles. The van der Waals surface area contributed by atoms with Crippen LogP contribution in [0, 0.1) is 0 Å². The Morgan fingerprint density at radius 3 is 1.09 bits per heavy atom. The monoisotopic (exact) mass is 524 g/mol. The maximum absolute atomic E-state index is 11.5. The molecule has 0 fully saturated rings. The number of carbonyl (C=O) groups excluding carboxylic acids is 6. The first-order valence-electron chi connectivity index (χ1n) is 6.85. The van der Waals surface area contributed by atoms with Crippen molar-refractivity contribution < 1.29 is 237 Å². The molecule has 2 aromatic rings. The largest absolute Gasteiger partial charge is 1.00 e. The van der Waals surface area contributed by atoms with Gasteiger partial charge in [0.15, 0.2) is 0 Å². The molecule has 0 aromatic heterocycles. The molecule has 2 aromatic carbocycles. The molecule has 0 unspecified atom stereocenters. The number of carboxylic acids is 6. The molecule has 0 radical (unpaired) electrons. The van der Waals surface area contributed by atoms with E-state index in [9.17, 15) is 59.4 Å². The maximum atomic E-state index is 11.5. The summed E-state index contributed by atoms with van der Waals surface area (Å²) in [6.45, 7) is 0. The molecule has 0 amide bonds. The third-order valence-corrected chi connectivity index (χ3v) is 3.68. The van der Waals surface area contributed by atoms with E-state index in [-0.39, 0.29) is 177 Å². The van der Waals surface area contributed by atoms with Gasteiger partial charge < -0.3 is 59.4 Å². The molecule has 0 saturated heterocycles. The maximum Gasteiger partial charge on any atom is 1.00 e. The second-order valence-corrected chi connectivity index (χ2v) is 5.17. The average Bonchev–Trinajstić information content (AvgIpc) is 2.57. The fourth-order valence-corrected chi connectivity index (χ4v) is 2.72. The first-order chi connectivity index (χ1) is 12.9. The zero-order chi connectivity index (χ0) is 21.5. The third-order valence-electron chi connectivity index (χ3n) is 3.68. The van der Waals surface area contributed by atoms with Crippen LogP contribution >= 0.6 is 0 Å². The van der Waals surface area contributed by atoms with Gasteiger partial charge in [-0.2, -0.15) is 0 Å². The smallest absolute Gasteiger partial charge is 0.545 e. The summed E-state index contributed by atoms with van der Waals surface area (Å²) in [6, 6.07) is 0.663. The molecular formula is C16H2Na6O12. The van der Waals surface area contributed by atoms with Crippen LogP contribution in [-0.2, 0) is 0 Å². The normalized spacial score (nSPS) is 8.59. The molecule has 2 rings (SSSR count). The Bertz CT molecular complexity index is 1150. The molecule has 0 heterocycles. The van der Waals surface area contributed by atoms with E-state index in [1.54, 1.807) is 0 Å². The van der Waals surface area contributed by atoms with Crippen molar-refractivity contribution >= 4 is 46.6 Å². The number of rotatable bonds is 6. The Hall–Kier alpha value is 1.52. The van der Waals surface area contributed by atoms with Gasteiger partial charge in [0, 0.05) is 33.2 Å². The number of hydrogen-bond acceptors (Lipinski definition) is 12. The van der Waals surface area contributed by atoms with Gasteiger partial charge in [0.2, 0.25) is 0 Å². The summed E-state index contributed by atoms with van der Waals surface area (Å²) in [6.07, 6.45) is 0. The second-order valence-electron chi connectivity index (χ2n) is 5.17. The van der Waals surface area contributed by atoms with Gasteiger partial charge in [-0.3, -0.25) is 0 Å². The molecule has 0 spiro atoms. The van der Waals surface area contributed by atoms with Gasteiger partial charge in [-0.05, 0) is 23.1 Å². The Morgan fingerprint density at radius 1 is 0.441 bits per heavy atom. The molecule has 0 atom stereocenters. The summed E-state index contributed by atoms with van der Waals surface area (Å²) in [5.74, 6) is -14.2. The molecule has 0 aliphatic carbocycles. The quantitative estimate of drug-likeness (QED) is 0.320. The molecule has 18 heteroatoms. The van der Waals surface area contributed by atoms with Crippen LogP contribution in [0.2, 0.25) is 0 Å². The van der Waals surface area contributed by atoms with Crippen molar-refractivity contribution in [2.75, 3.05) is 0 Å². The molecule has 144 valence electrons. The summed E-state index contributed by atoms with van der Waals surface area (Å²) in [7, 11) is 0. The molecule has 0 N–H and O–H groups in total. The summed E-state index contributed by atoms with van der Waals surface area (Å²) in [4.78, 5) is 68.0. The Balaban J connectivity index is -0.000000467. The van der Waals surface area contributed by atoms with E-state index in [1.807, 2.05) is 0 Å². The van der Waals surface area contributed by atoms with Crippen molar-refractivity contribution in [3.05, 3.63) is 45.5 Å². The zero-order valence-electron chi connectivity index (χ0n) is 19.1. The number of carbonyl (C=O) groups is 6. The molecule has 12 nitrogen and oxygen atoms in total. The van der Waals surface area contributed by atoms with Crippen molar-refractivity contribution in [3.63, 3.8) is 0 Å². The molecule has 0 aliphatic heterocycles. The SMILES string of the molecule is O=C([O-])c1cc(C(=O)[O-])c2c(C(=O)[O-])c(C(=O)[O-])c(C(=O)[O-])c(C(=O)[O-])c2c1.[Na+].[Na+].[Na+].[Na+].[Na+].[Na+]. The van der Waals surface area contributed by atoms with E-state index in [0.29, 0.717) is 12.1 Å². The molecule has 0 bridgehead atoms. The van der Waals surface area contributed by atoms with Crippen LogP contribution in [0.5, 0.6) is 0 Å². The first-order valence-corrected chi connectivity index (χ1v) is 6.85. The number of hydrogen-bond donors (Lipinski definition) is 0. The van der Waals surface area contributed by atoms with Gasteiger partial charge in [-0.25, -0.2) is 0 Å². The van der Waals surface area contributed by atoms with Crippen LogP contribution in [-0.4, -0.2) is 35.8 Å². The molecule has 34 heavy (non-hydrogen) atoms. The number of benzene rings is 2. The van der Waals surface area contributed by atoms with Crippen LogP contribution in [0.25, 0.3) is 10.8 Å². The minimum absolute atomic E-state index is 0. The average molecular weight is 524 g/mol. The summed E-state index contributed by atoms with van der Waals surface area (Å²) in [5.41, 5.74) is -8.95. The van der Waals surface area contributed by atoms with E-state index in [4.69, 9.17) is 0 Å². The number of carboxylic acid groups (broad SMARTS) is 6. The van der Waals surface area contributed by atoms with Crippen molar-refractivity contribution in [1.29, 1.82) is 0 Å². The van der Waals surface area contributed by atoms with E-state index in [2.05, 4.69) is 0 Å². The van der Waals surface area contributed by atoms with Crippen LogP contribution in [0.3, 0.4) is 0 Å². The Morgan fingerprint density at radius 2 is 0.794 bits per heavy atom. The minimum atomic E-state index is -2.52. The fraction of sp³-hybridized carbons (Fsp3) is 0. The van der Waals surface area contributed by atoms with E-state index in [0.717, 1.165) is 0 Å². The number of aromatic carboxylic acids is 6. The van der Waals surface area contributed by atoms with Gasteiger partial charge in [-0.1, -0.05) is 0 Å². The minimum Gasteiger partial charge on any atom is -0.545 e. The van der Waals surface area contributed by atoms with Crippen LogP contribution in [0.15, 0.2) is 12.1 Å². The topological polar surface area (TPSA) is 241 Å². The zero-order valence-corrected chi connectivity index (χ0v) is 31.1. The fourth-order valence-electron chi connectivity index (χ4n) is 2.72. The Kier molecular flexibility index (Phi) is 25.0. The van der Waals surface area contributed by atoms with E-state index < -0.39 is 80.0 Å². The van der Waals surface area contributed by atoms with Gasteiger partial charge in [-0.15, -0.1) is 0 Å². The molecular weight excluding hydrogens is 522 g/mol. The number of fused-ring (bicyclic) bond motifs is 1. The van der Waals surface area contributed by atoms with Crippen molar-refractivity contribution in [2.24, 2.45) is 0 Å². The van der Waals surface area contributed by atoms with Crippen LogP contribution in [0.4, 0.5) is 0 Å². The summed E-state index contributed by atoms with van der Waals surface area (Å²) >= 11 is 0. The Labute approximate surface area is 323 Å². The van der Waals surface area contributed by atoms with Gasteiger partial charge in [0.05, 0.1) is 35.8 Å². The van der Waals surface area contributed by atoms with Gasteiger partial charge in [0.1, 0.15) is 0 Å². The third kappa shape index (κ3) is 9.37. The second kappa shape index (κ2) is 18.7. The predicted molar refractivity (Wildman–Crippen MR) is 69.9 cm³/mol. The van der Waals surface area contributed by atoms with Crippen molar-refractivity contribution in [2.45, 2.75) is 0 Å². The standard InChI is InChI=1S/C16H8O12.6Na/c17-11(18)3-1-4-6(5(2-3)12(19)20)8(14(23)24)10(16(27)28)9(15(25)26)7(4)13(21)22;;;;;;/h1-2H,(H,17,18)(H,19,20)(H,21,22)(H,23,24)(H,25,26)(H,27,28);;;;;;/q;6*+1/p-6. The predicted octanol–water partition coefficient (Wildman–Crippen LogP) is -25.0. The van der Waals surface area contributed by atoms with Crippen molar-refractivity contribution in [1.82, 2.24) is 0 Å². The van der Waals surface area contributed by atoms with Gasteiger partial charge >= 0.3 is 177 Å². The van der Waals surface area contributed by atoms with Gasteiger partial charge in [0.25, 0.3) is 0 Å². The van der Waals surface area contributed by atoms with E-state index in [1.165, 1.54) is 0 Å². The van der Waals surface area contributed by atoms with Crippen LogP contribution in [0.1, 0.15) is 62.1 Å². The van der Waals surface area contributed by atoms with Crippen molar-refractivity contribution in [3.8, 4) is 0 Å². The first kappa shape index (κ1) is 45.4. The van der Waals surface area contributed by atoms with E-state index >= 15 is 0 Å². The summed E-state index contributed by atoms with van der Waals surface area (Å²) < 4.78 is 0.